The maximum atomic E-state index is 11.6. The van der Waals surface area contributed by atoms with Crippen molar-refractivity contribution in [2.75, 3.05) is 24.7 Å². The van der Waals surface area contributed by atoms with Crippen molar-refractivity contribution in [2.45, 2.75) is 38.6 Å². The van der Waals surface area contributed by atoms with Crippen LogP contribution in [0.5, 0.6) is 0 Å². The van der Waals surface area contributed by atoms with Crippen LogP contribution in [0.1, 0.15) is 32.6 Å². The predicted octanol–water partition coefficient (Wildman–Crippen LogP) is 1.48. The second-order valence-corrected chi connectivity index (χ2v) is 7.49. The van der Waals surface area contributed by atoms with Crippen LogP contribution < -0.4 is 5.32 Å². The molecular formula is C13H23NO3S. The highest BCUT2D eigenvalue weighted by atomic mass is 32.2. The quantitative estimate of drug-likeness (QED) is 0.824. The maximum Gasteiger partial charge on any atom is 0.150 e. The van der Waals surface area contributed by atoms with Gasteiger partial charge in [0.2, 0.25) is 0 Å². The van der Waals surface area contributed by atoms with E-state index in [1.165, 1.54) is 5.57 Å². The summed E-state index contributed by atoms with van der Waals surface area (Å²) in [6.07, 6.45) is 5.75. The fraction of sp³-hybridized carbons (Fsp3) is 0.846. The highest BCUT2D eigenvalue weighted by Gasteiger charge is 2.35. The normalized spacial score (nSPS) is 28.5. The molecule has 0 aromatic rings. The first kappa shape index (κ1) is 13.9. The molecule has 0 saturated carbocycles. The zero-order valence-corrected chi connectivity index (χ0v) is 11.8. The molecule has 0 spiro atoms. The Balaban J connectivity index is 2.07. The van der Waals surface area contributed by atoms with Crippen LogP contribution in [0.4, 0.5) is 0 Å². The van der Waals surface area contributed by atoms with Crippen LogP contribution in [0.25, 0.3) is 0 Å². The highest BCUT2D eigenvalue weighted by molar-refractivity contribution is 7.91. The van der Waals surface area contributed by atoms with Crippen molar-refractivity contribution in [3.05, 3.63) is 11.8 Å². The molecule has 1 N–H and O–H groups in total. The smallest absolute Gasteiger partial charge is 0.150 e. The lowest BCUT2D eigenvalue weighted by atomic mass is 9.90. The molecule has 0 bridgehead atoms. The third-order valence-corrected chi connectivity index (χ3v) is 5.51. The van der Waals surface area contributed by atoms with E-state index in [1.54, 1.807) is 0 Å². The first-order valence-corrected chi connectivity index (χ1v) is 8.69. The van der Waals surface area contributed by atoms with E-state index in [-0.39, 0.29) is 12.0 Å². The third kappa shape index (κ3) is 3.48. The van der Waals surface area contributed by atoms with E-state index < -0.39 is 9.84 Å². The molecule has 5 heteroatoms. The lowest BCUT2D eigenvalue weighted by molar-refractivity contribution is 0.215. The predicted molar refractivity (Wildman–Crippen MR) is 72.1 cm³/mol. The van der Waals surface area contributed by atoms with E-state index in [4.69, 9.17) is 4.74 Å². The van der Waals surface area contributed by atoms with Gasteiger partial charge in [-0.25, -0.2) is 8.42 Å². The molecule has 1 saturated heterocycles. The van der Waals surface area contributed by atoms with Gasteiger partial charge >= 0.3 is 0 Å². The minimum absolute atomic E-state index is 0.183. The summed E-state index contributed by atoms with van der Waals surface area (Å²) in [7, 11) is -2.81. The first-order chi connectivity index (χ1) is 8.62. The molecule has 2 aliphatic rings. The van der Waals surface area contributed by atoms with Gasteiger partial charge in [-0.3, -0.25) is 0 Å². The average molecular weight is 273 g/mol. The Morgan fingerprint density at radius 3 is 2.94 bits per heavy atom. The zero-order chi connectivity index (χ0) is 13.0. The van der Waals surface area contributed by atoms with Crippen molar-refractivity contribution in [3.63, 3.8) is 0 Å². The summed E-state index contributed by atoms with van der Waals surface area (Å²) < 4.78 is 28.7. The van der Waals surface area contributed by atoms with E-state index >= 15 is 0 Å². The molecule has 104 valence electrons. The van der Waals surface area contributed by atoms with E-state index in [0.29, 0.717) is 11.5 Å². The largest absolute Gasteiger partial charge is 0.501 e. The summed E-state index contributed by atoms with van der Waals surface area (Å²) >= 11 is 0. The molecule has 1 fully saturated rings. The number of sulfone groups is 1. The zero-order valence-electron chi connectivity index (χ0n) is 11.0. The highest BCUT2D eigenvalue weighted by Crippen LogP contribution is 2.28. The van der Waals surface area contributed by atoms with Gasteiger partial charge in [0, 0.05) is 6.04 Å². The summed E-state index contributed by atoms with van der Waals surface area (Å²) in [6.45, 7) is 3.84. The van der Waals surface area contributed by atoms with Crippen LogP contribution in [-0.2, 0) is 14.6 Å². The molecule has 4 nitrogen and oxygen atoms in total. The number of nitrogens with one attached hydrogen (secondary N) is 1. The second-order valence-electron chi connectivity index (χ2n) is 5.26. The van der Waals surface area contributed by atoms with Gasteiger partial charge < -0.3 is 10.1 Å². The van der Waals surface area contributed by atoms with Crippen molar-refractivity contribution in [1.82, 2.24) is 5.32 Å². The molecule has 0 aromatic carbocycles. The Bertz CT molecular complexity index is 402. The number of ether oxygens (including phenoxy) is 1. The second kappa shape index (κ2) is 6.06. The molecule has 18 heavy (non-hydrogen) atoms. The van der Waals surface area contributed by atoms with Crippen LogP contribution in [-0.4, -0.2) is 39.1 Å². The summed E-state index contributed by atoms with van der Waals surface area (Å²) in [6, 6.07) is 0.183. The third-order valence-electron chi connectivity index (χ3n) is 3.72. The first-order valence-electron chi connectivity index (χ1n) is 6.87. The van der Waals surface area contributed by atoms with Gasteiger partial charge in [-0.2, -0.15) is 0 Å². The van der Waals surface area contributed by atoms with Crippen molar-refractivity contribution in [1.29, 1.82) is 0 Å². The lowest BCUT2D eigenvalue weighted by Gasteiger charge is -2.28. The van der Waals surface area contributed by atoms with Gasteiger partial charge in [0.1, 0.15) is 0 Å². The lowest BCUT2D eigenvalue weighted by Crippen LogP contribution is -2.39. The van der Waals surface area contributed by atoms with Gasteiger partial charge in [0.15, 0.2) is 9.84 Å². The van der Waals surface area contributed by atoms with Crippen LogP contribution in [0, 0.1) is 5.92 Å². The van der Waals surface area contributed by atoms with Crippen molar-refractivity contribution in [3.8, 4) is 0 Å². The van der Waals surface area contributed by atoms with E-state index in [2.05, 4.69) is 12.2 Å². The Kier molecular flexibility index (Phi) is 4.67. The summed E-state index contributed by atoms with van der Waals surface area (Å²) in [5, 5.41) is 3.51. The minimum atomic E-state index is -2.81. The Labute approximate surface area is 110 Å². The molecule has 2 atom stereocenters. The van der Waals surface area contributed by atoms with Gasteiger partial charge in [-0.15, -0.1) is 0 Å². The maximum absolute atomic E-state index is 11.6. The fourth-order valence-corrected chi connectivity index (χ4v) is 4.64. The Morgan fingerprint density at radius 1 is 1.56 bits per heavy atom. The van der Waals surface area contributed by atoms with Crippen LogP contribution >= 0.6 is 0 Å². The fourth-order valence-electron chi connectivity index (χ4n) is 2.80. The number of hydrogen-bond acceptors (Lipinski definition) is 4. The molecule has 0 aromatic heterocycles. The van der Waals surface area contributed by atoms with Crippen molar-refractivity contribution in [2.24, 2.45) is 5.92 Å². The van der Waals surface area contributed by atoms with E-state index in [1.807, 2.05) is 6.26 Å². The van der Waals surface area contributed by atoms with Crippen molar-refractivity contribution >= 4 is 9.84 Å². The summed E-state index contributed by atoms with van der Waals surface area (Å²) in [5.41, 5.74) is 1.25. The minimum Gasteiger partial charge on any atom is -0.501 e. The van der Waals surface area contributed by atoms with Gasteiger partial charge in [0.05, 0.1) is 24.4 Å². The Morgan fingerprint density at radius 2 is 2.39 bits per heavy atom. The molecule has 2 unspecified atom stereocenters. The van der Waals surface area contributed by atoms with Crippen LogP contribution in [0.2, 0.25) is 0 Å². The monoisotopic (exact) mass is 273 g/mol. The molecule has 2 heterocycles. The van der Waals surface area contributed by atoms with Crippen LogP contribution in [0.3, 0.4) is 0 Å². The summed E-state index contributed by atoms with van der Waals surface area (Å²) in [4.78, 5) is 0. The summed E-state index contributed by atoms with van der Waals surface area (Å²) in [5.74, 6) is 0.886. The van der Waals surface area contributed by atoms with Gasteiger partial charge in [-0.1, -0.05) is 6.92 Å². The number of rotatable bonds is 5. The molecule has 2 rings (SSSR count). The average Bonchev–Trinajstić information content (AvgIpc) is 2.72. The topological polar surface area (TPSA) is 55.4 Å². The Hall–Kier alpha value is -0.550. The van der Waals surface area contributed by atoms with Crippen molar-refractivity contribution < 1.29 is 13.2 Å². The van der Waals surface area contributed by atoms with E-state index in [0.717, 1.165) is 38.8 Å². The molecule has 0 amide bonds. The van der Waals surface area contributed by atoms with Crippen LogP contribution in [0.15, 0.2) is 11.8 Å². The number of hydrogen-bond donors (Lipinski definition) is 1. The molecule has 0 aliphatic carbocycles. The molecule has 0 radical (unpaired) electrons. The SMILES string of the molecule is CCCNC(C1=COCCC1)C1CCS(=O)(=O)C1. The standard InChI is InChI=1S/C13H23NO3S/c1-2-6-14-13(11-4-3-7-17-9-11)12-5-8-18(15,16)10-12/h9,12-14H,2-8,10H2,1H3. The van der Waals surface area contributed by atoms with E-state index in [9.17, 15) is 8.42 Å². The molecular weight excluding hydrogens is 250 g/mol. The molecule has 2 aliphatic heterocycles. The van der Waals surface area contributed by atoms with Gasteiger partial charge in [0.25, 0.3) is 0 Å². The van der Waals surface area contributed by atoms with Gasteiger partial charge in [-0.05, 0) is 43.7 Å².